The molecule has 2 aromatic carbocycles. The first-order valence-electron chi connectivity index (χ1n) is 9.86. The molecule has 3 rings (SSSR count). The Morgan fingerprint density at radius 2 is 1.86 bits per heavy atom. The van der Waals surface area contributed by atoms with Gasteiger partial charge in [0.1, 0.15) is 5.75 Å². The molecule has 0 amide bonds. The van der Waals surface area contributed by atoms with Crippen LogP contribution in [0.15, 0.2) is 42.5 Å². The highest BCUT2D eigenvalue weighted by Crippen LogP contribution is 2.36. The molecule has 0 radical (unpaired) electrons. The Bertz CT molecular complexity index is 992. The Kier molecular flexibility index (Phi) is 6.10. The van der Waals surface area contributed by atoms with E-state index < -0.39 is 0 Å². The van der Waals surface area contributed by atoms with Crippen LogP contribution in [-0.4, -0.2) is 11.0 Å². The maximum atomic E-state index is 11.8. The number of fused-ring (bicyclic) bond motifs is 1. The number of carbonyl (C=O) groups excluding carboxylic acids is 1. The molecular weight excluding hydrogens is 348 g/mol. The van der Waals surface area contributed by atoms with Crippen LogP contribution < -0.4 is 10.5 Å². The lowest BCUT2D eigenvalue weighted by Gasteiger charge is -2.18. The molecule has 1 aromatic heterocycles. The number of nitrogens with zero attached hydrogens (tertiary/aromatic N) is 1. The normalized spacial score (nSPS) is 11.2. The van der Waals surface area contributed by atoms with Gasteiger partial charge in [-0.3, -0.25) is 9.78 Å². The van der Waals surface area contributed by atoms with E-state index in [2.05, 4.69) is 45.0 Å². The zero-order valence-corrected chi connectivity index (χ0v) is 17.1. The van der Waals surface area contributed by atoms with Gasteiger partial charge in [-0.25, -0.2) is 0 Å². The van der Waals surface area contributed by atoms with Crippen molar-refractivity contribution in [1.29, 1.82) is 0 Å². The number of carbonyl (C=O) groups is 1. The van der Waals surface area contributed by atoms with Crippen molar-refractivity contribution in [2.24, 2.45) is 11.7 Å². The SMILES string of the molecule is CCC(=O)Oc1ccc2nc(CC(C)C)c(CN)c(-c3ccc(C)cc3)c2c1. The molecule has 0 spiro atoms. The predicted octanol–water partition coefficient (Wildman–Crippen LogP) is 5.18. The van der Waals surface area contributed by atoms with E-state index in [1.165, 1.54) is 5.56 Å². The quantitative estimate of drug-likeness (QED) is 0.475. The van der Waals surface area contributed by atoms with Crippen molar-refractivity contribution in [2.45, 2.75) is 47.1 Å². The average Bonchev–Trinajstić information content (AvgIpc) is 2.67. The van der Waals surface area contributed by atoms with E-state index in [-0.39, 0.29) is 5.97 Å². The van der Waals surface area contributed by atoms with Gasteiger partial charge in [0.05, 0.1) is 5.52 Å². The highest BCUT2D eigenvalue weighted by Gasteiger charge is 2.17. The molecule has 4 heteroatoms. The summed E-state index contributed by atoms with van der Waals surface area (Å²) in [6.07, 6.45) is 1.20. The fraction of sp³-hybridized carbons (Fsp3) is 0.333. The van der Waals surface area contributed by atoms with Gasteiger partial charge < -0.3 is 10.5 Å². The Morgan fingerprint density at radius 1 is 1.14 bits per heavy atom. The number of aromatic nitrogens is 1. The molecule has 2 N–H and O–H groups in total. The maximum Gasteiger partial charge on any atom is 0.310 e. The van der Waals surface area contributed by atoms with Crippen molar-refractivity contribution in [3.05, 3.63) is 59.3 Å². The van der Waals surface area contributed by atoms with E-state index >= 15 is 0 Å². The molecule has 0 aliphatic rings. The minimum atomic E-state index is -0.250. The topological polar surface area (TPSA) is 65.2 Å². The van der Waals surface area contributed by atoms with Gasteiger partial charge in [0, 0.05) is 24.0 Å². The molecule has 146 valence electrons. The third kappa shape index (κ3) is 4.23. The average molecular weight is 377 g/mol. The summed E-state index contributed by atoms with van der Waals surface area (Å²) in [4.78, 5) is 16.7. The van der Waals surface area contributed by atoms with Crippen molar-refractivity contribution in [1.82, 2.24) is 4.98 Å². The van der Waals surface area contributed by atoms with E-state index in [4.69, 9.17) is 15.5 Å². The van der Waals surface area contributed by atoms with Gasteiger partial charge in [-0.1, -0.05) is 50.6 Å². The number of aryl methyl sites for hydroxylation is 1. The number of hydrogen-bond donors (Lipinski definition) is 1. The summed E-state index contributed by atoms with van der Waals surface area (Å²) < 4.78 is 5.45. The second-order valence-electron chi connectivity index (χ2n) is 7.59. The largest absolute Gasteiger partial charge is 0.427 e. The van der Waals surface area contributed by atoms with E-state index in [0.29, 0.717) is 24.6 Å². The highest BCUT2D eigenvalue weighted by molar-refractivity contribution is 5.97. The third-order valence-electron chi connectivity index (χ3n) is 4.81. The van der Waals surface area contributed by atoms with Gasteiger partial charge in [0.15, 0.2) is 0 Å². The summed E-state index contributed by atoms with van der Waals surface area (Å²) in [6.45, 7) is 8.64. The van der Waals surface area contributed by atoms with Crippen molar-refractivity contribution in [2.75, 3.05) is 0 Å². The second kappa shape index (κ2) is 8.53. The zero-order valence-electron chi connectivity index (χ0n) is 17.1. The van der Waals surface area contributed by atoms with Gasteiger partial charge in [-0.05, 0) is 54.2 Å². The Hall–Kier alpha value is -2.72. The molecule has 0 atom stereocenters. The van der Waals surface area contributed by atoms with Gasteiger partial charge in [-0.2, -0.15) is 0 Å². The van der Waals surface area contributed by atoms with Crippen LogP contribution in [-0.2, 0) is 17.8 Å². The standard InChI is InChI=1S/C24H28N2O2/c1-5-23(27)28-18-10-11-21-19(13-18)24(17-8-6-16(4)7-9-17)20(14-25)22(26-21)12-15(2)3/h6-11,13,15H,5,12,14,25H2,1-4H3. The second-order valence-corrected chi connectivity index (χ2v) is 7.59. The van der Waals surface area contributed by atoms with Crippen LogP contribution in [0.1, 0.15) is 44.0 Å². The molecule has 1 heterocycles. The number of hydrogen-bond acceptors (Lipinski definition) is 4. The smallest absolute Gasteiger partial charge is 0.310 e. The minimum Gasteiger partial charge on any atom is -0.427 e. The lowest BCUT2D eigenvalue weighted by atomic mass is 9.91. The molecule has 0 unspecified atom stereocenters. The van der Waals surface area contributed by atoms with Crippen molar-refractivity contribution in [3.63, 3.8) is 0 Å². The summed E-state index contributed by atoms with van der Waals surface area (Å²) in [5, 5.41) is 0.957. The highest BCUT2D eigenvalue weighted by atomic mass is 16.5. The van der Waals surface area contributed by atoms with Crippen molar-refractivity contribution >= 4 is 16.9 Å². The number of esters is 1. The predicted molar refractivity (Wildman–Crippen MR) is 114 cm³/mol. The lowest BCUT2D eigenvalue weighted by Crippen LogP contribution is -2.10. The molecule has 0 aliphatic heterocycles. The number of benzene rings is 2. The number of rotatable bonds is 6. The van der Waals surface area contributed by atoms with E-state index in [9.17, 15) is 4.79 Å². The maximum absolute atomic E-state index is 11.8. The van der Waals surface area contributed by atoms with E-state index in [0.717, 1.165) is 39.7 Å². The molecule has 0 saturated heterocycles. The Balaban J connectivity index is 2.29. The fourth-order valence-corrected chi connectivity index (χ4v) is 3.43. The molecule has 4 nitrogen and oxygen atoms in total. The third-order valence-corrected chi connectivity index (χ3v) is 4.81. The first kappa shape index (κ1) is 20.0. The Labute approximate surface area is 166 Å². The van der Waals surface area contributed by atoms with Crippen LogP contribution in [0.5, 0.6) is 5.75 Å². The number of pyridine rings is 1. The molecule has 0 fully saturated rings. The summed E-state index contributed by atoms with van der Waals surface area (Å²) >= 11 is 0. The number of nitrogens with two attached hydrogens (primary N) is 1. The van der Waals surface area contributed by atoms with Crippen molar-refractivity contribution < 1.29 is 9.53 Å². The summed E-state index contributed by atoms with van der Waals surface area (Å²) in [5.74, 6) is 0.764. The van der Waals surface area contributed by atoms with E-state index in [1.807, 2.05) is 18.2 Å². The van der Waals surface area contributed by atoms with Gasteiger partial charge in [-0.15, -0.1) is 0 Å². The monoisotopic (exact) mass is 376 g/mol. The molecule has 0 bridgehead atoms. The molecule has 3 aromatic rings. The zero-order chi connectivity index (χ0) is 20.3. The summed E-state index contributed by atoms with van der Waals surface area (Å²) in [6, 6.07) is 14.1. The molecule has 0 saturated carbocycles. The molecular formula is C24H28N2O2. The van der Waals surface area contributed by atoms with Crippen LogP contribution in [0.25, 0.3) is 22.0 Å². The molecule has 0 aliphatic carbocycles. The van der Waals surface area contributed by atoms with Crippen LogP contribution in [0.2, 0.25) is 0 Å². The van der Waals surface area contributed by atoms with E-state index in [1.54, 1.807) is 6.92 Å². The number of ether oxygens (including phenoxy) is 1. The fourth-order valence-electron chi connectivity index (χ4n) is 3.43. The van der Waals surface area contributed by atoms with Crippen molar-refractivity contribution in [3.8, 4) is 16.9 Å². The van der Waals surface area contributed by atoms with Crippen LogP contribution in [0.4, 0.5) is 0 Å². The van der Waals surface area contributed by atoms with Crippen LogP contribution >= 0.6 is 0 Å². The van der Waals surface area contributed by atoms with Gasteiger partial charge in [0.2, 0.25) is 0 Å². The van der Waals surface area contributed by atoms with Crippen LogP contribution in [0, 0.1) is 12.8 Å². The Morgan fingerprint density at radius 3 is 2.46 bits per heavy atom. The van der Waals surface area contributed by atoms with Gasteiger partial charge in [0.25, 0.3) is 0 Å². The first-order valence-corrected chi connectivity index (χ1v) is 9.86. The first-order chi connectivity index (χ1) is 13.4. The lowest BCUT2D eigenvalue weighted by molar-refractivity contribution is -0.134. The summed E-state index contributed by atoms with van der Waals surface area (Å²) in [5.41, 5.74) is 12.6. The minimum absolute atomic E-state index is 0.250. The van der Waals surface area contributed by atoms with Crippen LogP contribution in [0.3, 0.4) is 0 Å². The van der Waals surface area contributed by atoms with Gasteiger partial charge >= 0.3 is 5.97 Å². The molecule has 28 heavy (non-hydrogen) atoms. The summed E-state index contributed by atoms with van der Waals surface area (Å²) in [7, 11) is 0.